The first-order valence-corrected chi connectivity index (χ1v) is 7.52. The summed E-state index contributed by atoms with van der Waals surface area (Å²) in [5.41, 5.74) is 8.13. The SMILES string of the molecule is Nc1cc(-c2cccs2)nn1Cc1ccccc1Br. The Labute approximate surface area is 123 Å². The van der Waals surface area contributed by atoms with Gasteiger partial charge in [-0.2, -0.15) is 5.10 Å². The summed E-state index contributed by atoms with van der Waals surface area (Å²) < 4.78 is 2.90. The van der Waals surface area contributed by atoms with Crippen LogP contribution >= 0.6 is 27.3 Å². The van der Waals surface area contributed by atoms with Crippen molar-refractivity contribution in [3.05, 3.63) is 57.9 Å². The van der Waals surface area contributed by atoms with Crippen LogP contribution in [-0.4, -0.2) is 9.78 Å². The summed E-state index contributed by atoms with van der Waals surface area (Å²) in [6.07, 6.45) is 0. The average Bonchev–Trinajstić information content (AvgIpc) is 3.02. The minimum atomic E-state index is 0.665. The molecule has 0 unspecified atom stereocenters. The second-order valence-corrected chi connectivity index (χ2v) is 5.98. The van der Waals surface area contributed by atoms with E-state index in [0.29, 0.717) is 12.4 Å². The lowest BCUT2D eigenvalue weighted by Crippen LogP contribution is -2.06. The van der Waals surface area contributed by atoms with Gasteiger partial charge < -0.3 is 5.73 Å². The van der Waals surface area contributed by atoms with E-state index >= 15 is 0 Å². The highest BCUT2D eigenvalue weighted by Crippen LogP contribution is 2.26. The summed E-state index contributed by atoms with van der Waals surface area (Å²) in [6, 6.07) is 14.1. The zero-order valence-electron chi connectivity index (χ0n) is 10.1. The first kappa shape index (κ1) is 12.4. The van der Waals surface area contributed by atoms with E-state index < -0.39 is 0 Å². The topological polar surface area (TPSA) is 43.8 Å². The summed E-state index contributed by atoms with van der Waals surface area (Å²) in [4.78, 5) is 1.14. The van der Waals surface area contributed by atoms with E-state index in [4.69, 9.17) is 5.73 Å². The predicted molar refractivity (Wildman–Crippen MR) is 83.2 cm³/mol. The van der Waals surface area contributed by atoms with Crippen LogP contribution < -0.4 is 5.73 Å². The van der Waals surface area contributed by atoms with Gasteiger partial charge in [0.25, 0.3) is 0 Å². The largest absolute Gasteiger partial charge is 0.384 e. The fourth-order valence-electron chi connectivity index (χ4n) is 1.89. The summed E-state index contributed by atoms with van der Waals surface area (Å²) in [7, 11) is 0. The highest BCUT2D eigenvalue weighted by molar-refractivity contribution is 9.10. The third kappa shape index (κ3) is 2.57. The molecule has 5 heteroatoms. The molecule has 3 aromatic rings. The Morgan fingerprint density at radius 1 is 1.21 bits per heavy atom. The van der Waals surface area contributed by atoms with Crippen molar-refractivity contribution in [2.75, 3.05) is 5.73 Å². The Hall–Kier alpha value is -1.59. The average molecular weight is 334 g/mol. The van der Waals surface area contributed by atoms with Gasteiger partial charge in [-0.05, 0) is 23.1 Å². The third-order valence-corrected chi connectivity index (χ3v) is 4.53. The van der Waals surface area contributed by atoms with Crippen LogP contribution in [0.2, 0.25) is 0 Å². The van der Waals surface area contributed by atoms with Gasteiger partial charge in [0.2, 0.25) is 0 Å². The predicted octanol–water partition coefficient (Wildman–Crippen LogP) is 4.00. The van der Waals surface area contributed by atoms with Crippen LogP contribution in [0.1, 0.15) is 5.56 Å². The number of nitrogen functional groups attached to an aromatic ring is 1. The van der Waals surface area contributed by atoms with Crippen molar-refractivity contribution >= 4 is 33.1 Å². The van der Waals surface area contributed by atoms with Crippen molar-refractivity contribution < 1.29 is 0 Å². The minimum Gasteiger partial charge on any atom is -0.384 e. The van der Waals surface area contributed by atoms with Crippen LogP contribution in [0.25, 0.3) is 10.6 Å². The number of nitrogens with two attached hydrogens (primary N) is 1. The van der Waals surface area contributed by atoms with Gasteiger partial charge in [-0.25, -0.2) is 4.68 Å². The Morgan fingerprint density at radius 3 is 2.79 bits per heavy atom. The van der Waals surface area contributed by atoms with Crippen LogP contribution in [0.4, 0.5) is 5.82 Å². The summed E-state index contributed by atoms with van der Waals surface area (Å²) in [5.74, 6) is 0.680. The molecule has 2 aromatic heterocycles. The molecule has 0 bridgehead atoms. The van der Waals surface area contributed by atoms with Crippen molar-refractivity contribution in [1.29, 1.82) is 0 Å². The van der Waals surface area contributed by atoms with Crippen LogP contribution in [-0.2, 0) is 6.54 Å². The number of thiophene rings is 1. The lowest BCUT2D eigenvalue weighted by molar-refractivity contribution is 0.698. The molecule has 96 valence electrons. The molecule has 3 nitrogen and oxygen atoms in total. The Kier molecular flexibility index (Phi) is 3.40. The fourth-order valence-corrected chi connectivity index (χ4v) is 2.98. The first-order chi connectivity index (χ1) is 9.24. The van der Waals surface area contributed by atoms with Crippen molar-refractivity contribution in [2.45, 2.75) is 6.54 Å². The Balaban J connectivity index is 1.92. The zero-order valence-corrected chi connectivity index (χ0v) is 12.5. The van der Waals surface area contributed by atoms with Crippen LogP contribution in [0.5, 0.6) is 0 Å². The van der Waals surface area contributed by atoms with Crippen LogP contribution in [0.15, 0.2) is 52.3 Å². The van der Waals surface area contributed by atoms with Crippen LogP contribution in [0.3, 0.4) is 0 Å². The highest BCUT2D eigenvalue weighted by Gasteiger charge is 2.09. The molecule has 0 fully saturated rings. The molecule has 0 saturated carbocycles. The standard InChI is InChI=1S/C14H12BrN3S/c15-11-5-2-1-4-10(11)9-18-14(16)8-12(17-18)13-6-3-7-19-13/h1-8H,9,16H2. The molecule has 0 saturated heterocycles. The van der Waals surface area contributed by atoms with Crippen molar-refractivity contribution in [1.82, 2.24) is 9.78 Å². The van der Waals surface area contributed by atoms with Gasteiger partial charge >= 0.3 is 0 Å². The maximum absolute atomic E-state index is 6.04. The third-order valence-electron chi connectivity index (χ3n) is 2.86. The molecular formula is C14H12BrN3S. The monoisotopic (exact) mass is 333 g/mol. The molecule has 0 radical (unpaired) electrons. The van der Waals surface area contributed by atoms with Gasteiger partial charge in [-0.3, -0.25) is 0 Å². The first-order valence-electron chi connectivity index (χ1n) is 5.84. The van der Waals surface area contributed by atoms with E-state index in [1.807, 2.05) is 40.4 Å². The Morgan fingerprint density at radius 2 is 2.05 bits per heavy atom. The molecule has 0 amide bonds. The molecule has 2 N–H and O–H groups in total. The van der Waals surface area contributed by atoms with E-state index in [1.54, 1.807) is 11.3 Å². The van der Waals surface area contributed by atoms with Crippen LogP contribution in [0, 0.1) is 0 Å². The maximum atomic E-state index is 6.04. The number of halogens is 1. The number of hydrogen-bond donors (Lipinski definition) is 1. The minimum absolute atomic E-state index is 0.665. The lowest BCUT2D eigenvalue weighted by atomic mass is 10.2. The molecule has 0 aliphatic heterocycles. The van der Waals surface area contributed by atoms with E-state index in [-0.39, 0.29) is 0 Å². The van der Waals surface area contributed by atoms with Gasteiger partial charge in [0, 0.05) is 10.5 Å². The van der Waals surface area contributed by atoms with Gasteiger partial charge in [0.05, 0.1) is 11.4 Å². The number of nitrogens with zero attached hydrogens (tertiary/aromatic N) is 2. The zero-order chi connectivity index (χ0) is 13.2. The summed E-state index contributed by atoms with van der Waals surface area (Å²) >= 11 is 5.21. The summed E-state index contributed by atoms with van der Waals surface area (Å²) in [6.45, 7) is 0.665. The number of aromatic nitrogens is 2. The number of hydrogen-bond acceptors (Lipinski definition) is 3. The van der Waals surface area contributed by atoms with Gasteiger partial charge in [-0.15, -0.1) is 11.3 Å². The Bertz CT molecular complexity index is 689. The number of rotatable bonds is 3. The molecule has 0 aliphatic rings. The molecule has 0 spiro atoms. The molecule has 3 rings (SSSR count). The van der Waals surface area contributed by atoms with Gasteiger partial charge in [-0.1, -0.05) is 40.2 Å². The normalized spacial score (nSPS) is 10.8. The van der Waals surface area contributed by atoms with Crippen molar-refractivity contribution in [3.8, 4) is 10.6 Å². The lowest BCUT2D eigenvalue weighted by Gasteiger charge is -2.06. The van der Waals surface area contributed by atoms with E-state index in [2.05, 4.69) is 33.2 Å². The molecule has 0 aliphatic carbocycles. The number of benzene rings is 1. The summed E-state index contributed by atoms with van der Waals surface area (Å²) in [5, 5.41) is 6.61. The number of anilines is 1. The quantitative estimate of drug-likeness (QED) is 0.787. The molecule has 0 atom stereocenters. The maximum Gasteiger partial charge on any atom is 0.122 e. The second-order valence-electron chi connectivity index (χ2n) is 4.18. The molecular weight excluding hydrogens is 322 g/mol. The smallest absolute Gasteiger partial charge is 0.122 e. The van der Waals surface area contributed by atoms with Crippen molar-refractivity contribution in [2.24, 2.45) is 0 Å². The van der Waals surface area contributed by atoms with E-state index in [1.165, 1.54) is 0 Å². The van der Waals surface area contributed by atoms with Crippen molar-refractivity contribution in [3.63, 3.8) is 0 Å². The molecule has 1 aromatic carbocycles. The fraction of sp³-hybridized carbons (Fsp3) is 0.0714. The molecule has 19 heavy (non-hydrogen) atoms. The van der Waals surface area contributed by atoms with Gasteiger partial charge in [0.1, 0.15) is 11.5 Å². The van der Waals surface area contributed by atoms with E-state index in [0.717, 1.165) is 20.6 Å². The highest BCUT2D eigenvalue weighted by atomic mass is 79.9. The molecule has 2 heterocycles. The van der Waals surface area contributed by atoms with Gasteiger partial charge in [0.15, 0.2) is 0 Å². The second kappa shape index (κ2) is 5.19. The van der Waals surface area contributed by atoms with E-state index in [9.17, 15) is 0 Å².